The summed E-state index contributed by atoms with van der Waals surface area (Å²) < 4.78 is 4.73. The summed E-state index contributed by atoms with van der Waals surface area (Å²) in [5.41, 5.74) is 5.44. The second-order valence-electron chi connectivity index (χ2n) is 2.41. The number of rotatable bonds is 3. The van der Waals surface area contributed by atoms with Gasteiger partial charge in [-0.1, -0.05) is 0 Å². The highest BCUT2D eigenvalue weighted by Crippen LogP contribution is 1.79. The van der Waals surface area contributed by atoms with Gasteiger partial charge in [-0.25, -0.2) is 4.79 Å². The lowest BCUT2D eigenvalue weighted by molar-refractivity contribution is 0.162. The van der Waals surface area contributed by atoms with Crippen LogP contribution in [-0.2, 0) is 4.74 Å². The molecule has 66 valence electrons. The maximum absolute atomic E-state index is 10.9. The Labute approximate surface area is 66.5 Å². The van der Waals surface area contributed by atoms with Crippen LogP contribution in [0.1, 0.15) is 0 Å². The standard InChI is InChI=1S/C6H15N3O2/c1-9(2)6(10)8-5(7)4-11-3/h5H,4,7H2,1-3H3,(H,8,10). The average molecular weight is 161 g/mol. The second-order valence-corrected chi connectivity index (χ2v) is 2.41. The van der Waals surface area contributed by atoms with Gasteiger partial charge < -0.3 is 20.7 Å². The molecule has 3 N–H and O–H groups in total. The van der Waals surface area contributed by atoms with Crippen LogP contribution < -0.4 is 11.1 Å². The third-order valence-electron chi connectivity index (χ3n) is 1.06. The van der Waals surface area contributed by atoms with E-state index < -0.39 is 6.17 Å². The molecule has 0 aromatic carbocycles. The summed E-state index contributed by atoms with van der Waals surface area (Å²) in [4.78, 5) is 12.3. The van der Waals surface area contributed by atoms with E-state index >= 15 is 0 Å². The molecule has 0 aliphatic heterocycles. The highest BCUT2D eigenvalue weighted by atomic mass is 16.5. The second kappa shape index (κ2) is 4.92. The number of ether oxygens (including phenoxy) is 1. The Balaban J connectivity index is 3.57. The highest BCUT2D eigenvalue weighted by Gasteiger charge is 2.07. The molecule has 0 aliphatic carbocycles. The SMILES string of the molecule is COCC(N)NC(=O)N(C)C. The van der Waals surface area contributed by atoms with Crippen LogP contribution in [0, 0.1) is 0 Å². The molecule has 5 heteroatoms. The molecule has 0 radical (unpaired) electrons. The molecule has 0 fully saturated rings. The quantitative estimate of drug-likeness (QED) is 0.532. The summed E-state index contributed by atoms with van der Waals surface area (Å²) in [6.45, 7) is 0.319. The van der Waals surface area contributed by atoms with Gasteiger partial charge in [0.15, 0.2) is 0 Å². The Morgan fingerprint density at radius 3 is 2.64 bits per heavy atom. The lowest BCUT2D eigenvalue weighted by Crippen LogP contribution is -2.48. The van der Waals surface area contributed by atoms with Crippen molar-refractivity contribution in [3.63, 3.8) is 0 Å². The number of hydrogen-bond donors (Lipinski definition) is 2. The number of hydrogen-bond acceptors (Lipinski definition) is 3. The summed E-state index contributed by atoms with van der Waals surface area (Å²) in [5, 5.41) is 2.52. The molecule has 0 aromatic heterocycles. The maximum Gasteiger partial charge on any atom is 0.318 e. The van der Waals surface area contributed by atoms with E-state index in [0.29, 0.717) is 6.61 Å². The smallest absolute Gasteiger partial charge is 0.318 e. The van der Waals surface area contributed by atoms with Crippen LogP contribution in [-0.4, -0.2) is 44.9 Å². The van der Waals surface area contributed by atoms with Crippen molar-refractivity contribution in [2.45, 2.75) is 6.17 Å². The Hall–Kier alpha value is -0.810. The van der Waals surface area contributed by atoms with Crippen molar-refractivity contribution in [3.05, 3.63) is 0 Å². The molecule has 5 nitrogen and oxygen atoms in total. The van der Waals surface area contributed by atoms with Gasteiger partial charge in [-0.3, -0.25) is 0 Å². The van der Waals surface area contributed by atoms with Gasteiger partial charge in [-0.15, -0.1) is 0 Å². The fraction of sp³-hybridized carbons (Fsp3) is 0.833. The molecule has 1 unspecified atom stereocenters. The van der Waals surface area contributed by atoms with Crippen molar-refractivity contribution in [3.8, 4) is 0 Å². The number of nitrogens with one attached hydrogen (secondary N) is 1. The fourth-order valence-electron chi connectivity index (χ4n) is 0.509. The van der Waals surface area contributed by atoms with Gasteiger partial charge in [-0.2, -0.15) is 0 Å². The van der Waals surface area contributed by atoms with Crippen molar-refractivity contribution >= 4 is 6.03 Å². The predicted molar refractivity (Wildman–Crippen MR) is 42.1 cm³/mol. The van der Waals surface area contributed by atoms with Gasteiger partial charge in [0, 0.05) is 21.2 Å². The van der Waals surface area contributed by atoms with Crippen molar-refractivity contribution in [2.75, 3.05) is 27.8 Å². The lowest BCUT2D eigenvalue weighted by Gasteiger charge is -2.16. The van der Waals surface area contributed by atoms with Crippen molar-refractivity contribution < 1.29 is 9.53 Å². The number of urea groups is 1. The summed E-state index contributed by atoms with van der Waals surface area (Å²) in [6, 6.07) is -0.213. The molecular formula is C6H15N3O2. The topological polar surface area (TPSA) is 67.6 Å². The predicted octanol–water partition coefficient (Wildman–Crippen LogP) is -0.811. The first-order valence-corrected chi connectivity index (χ1v) is 3.30. The number of nitrogens with zero attached hydrogens (tertiary/aromatic N) is 1. The molecule has 0 saturated carbocycles. The number of carbonyl (C=O) groups is 1. The molecular weight excluding hydrogens is 146 g/mol. The van der Waals surface area contributed by atoms with Crippen molar-refractivity contribution in [2.24, 2.45) is 5.73 Å². The monoisotopic (exact) mass is 161 g/mol. The van der Waals surface area contributed by atoms with E-state index in [1.165, 1.54) is 12.0 Å². The highest BCUT2D eigenvalue weighted by molar-refractivity contribution is 5.73. The van der Waals surface area contributed by atoms with Gasteiger partial charge in [0.05, 0.1) is 6.61 Å². The average Bonchev–Trinajstić information content (AvgIpc) is 1.87. The van der Waals surface area contributed by atoms with E-state index in [4.69, 9.17) is 10.5 Å². The van der Waals surface area contributed by atoms with E-state index in [2.05, 4.69) is 5.32 Å². The van der Waals surface area contributed by atoms with E-state index in [1.807, 2.05) is 0 Å². The molecule has 0 spiro atoms. The van der Waals surface area contributed by atoms with E-state index in [1.54, 1.807) is 14.1 Å². The van der Waals surface area contributed by atoms with E-state index in [9.17, 15) is 4.79 Å². The van der Waals surface area contributed by atoms with Gasteiger partial charge in [0.25, 0.3) is 0 Å². The third kappa shape index (κ3) is 4.58. The molecule has 0 aromatic rings. The van der Waals surface area contributed by atoms with Gasteiger partial charge in [-0.05, 0) is 0 Å². The maximum atomic E-state index is 10.9. The molecule has 2 amide bonds. The molecule has 1 atom stereocenters. The molecule has 11 heavy (non-hydrogen) atoms. The van der Waals surface area contributed by atoms with E-state index in [-0.39, 0.29) is 6.03 Å². The Bertz CT molecular complexity index is 127. The number of amides is 2. The molecule has 0 aliphatic rings. The molecule has 0 rings (SSSR count). The summed E-state index contributed by atoms with van der Waals surface area (Å²) >= 11 is 0. The van der Waals surface area contributed by atoms with Crippen LogP contribution in [0.2, 0.25) is 0 Å². The first kappa shape index (κ1) is 10.2. The van der Waals surface area contributed by atoms with Crippen molar-refractivity contribution in [1.29, 1.82) is 0 Å². The van der Waals surface area contributed by atoms with Gasteiger partial charge in [0.2, 0.25) is 0 Å². The Morgan fingerprint density at radius 2 is 2.27 bits per heavy atom. The number of carbonyl (C=O) groups excluding carboxylic acids is 1. The Morgan fingerprint density at radius 1 is 1.73 bits per heavy atom. The molecule has 0 heterocycles. The molecule has 0 saturated heterocycles. The lowest BCUT2D eigenvalue weighted by atomic mass is 10.5. The number of methoxy groups -OCH3 is 1. The van der Waals surface area contributed by atoms with Crippen LogP contribution in [0.3, 0.4) is 0 Å². The van der Waals surface area contributed by atoms with Gasteiger partial charge in [0.1, 0.15) is 6.17 Å². The normalized spacial score (nSPS) is 12.4. The van der Waals surface area contributed by atoms with Gasteiger partial charge >= 0.3 is 6.03 Å². The van der Waals surface area contributed by atoms with Crippen LogP contribution in [0.5, 0.6) is 0 Å². The third-order valence-corrected chi connectivity index (χ3v) is 1.06. The molecule has 0 bridgehead atoms. The zero-order valence-corrected chi connectivity index (χ0v) is 7.13. The van der Waals surface area contributed by atoms with Crippen LogP contribution in [0.25, 0.3) is 0 Å². The van der Waals surface area contributed by atoms with Crippen LogP contribution >= 0.6 is 0 Å². The fourth-order valence-corrected chi connectivity index (χ4v) is 0.509. The minimum Gasteiger partial charge on any atom is -0.381 e. The summed E-state index contributed by atoms with van der Waals surface area (Å²) in [6.07, 6.45) is -0.435. The summed E-state index contributed by atoms with van der Waals surface area (Å²) in [5.74, 6) is 0. The largest absolute Gasteiger partial charge is 0.381 e. The first-order valence-electron chi connectivity index (χ1n) is 3.30. The minimum absolute atomic E-state index is 0.213. The zero-order chi connectivity index (χ0) is 8.85. The minimum atomic E-state index is -0.435. The number of nitrogens with two attached hydrogens (primary N) is 1. The van der Waals surface area contributed by atoms with Crippen molar-refractivity contribution in [1.82, 2.24) is 10.2 Å². The Kier molecular flexibility index (Phi) is 4.56. The van der Waals surface area contributed by atoms with E-state index in [0.717, 1.165) is 0 Å². The summed E-state index contributed by atoms with van der Waals surface area (Å²) in [7, 11) is 4.82. The van der Waals surface area contributed by atoms with Crippen LogP contribution in [0.4, 0.5) is 4.79 Å². The van der Waals surface area contributed by atoms with Crippen LogP contribution in [0.15, 0.2) is 0 Å². The zero-order valence-electron chi connectivity index (χ0n) is 7.13. The first-order chi connectivity index (χ1) is 5.07.